The van der Waals surface area contributed by atoms with E-state index in [1.54, 1.807) is 6.20 Å². The van der Waals surface area contributed by atoms with E-state index in [9.17, 15) is 0 Å². The van der Waals surface area contributed by atoms with Crippen molar-refractivity contribution in [3.05, 3.63) is 24.3 Å². The second kappa shape index (κ2) is 7.17. The van der Waals surface area contributed by atoms with Gasteiger partial charge in [-0.3, -0.25) is 0 Å². The second-order valence-electron chi connectivity index (χ2n) is 3.95. The SMILES string of the molecule is CCCNc1nc(NCc2ccncn2)nc(OC)n1. The monoisotopic (exact) mass is 275 g/mol. The zero-order valence-electron chi connectivity index (χ0n) is 11.5. The number of ether oxygens (including phenoxy) is 1. The number of nitrogens with zero attached hydrogens (tertiary/aromatic N) is 5. The highest BCUT2D eigenvalue weighted by Gasteiger charge is 2.06. The van der Waals surface area contributed by atoms with Crippen molar-refractivity contribution in [1.82, 2.24) is 24.9 Å². The van der Waals surface area contributed by atoms with Crippen LogP contribution in [-0.4, -0.2) is 38.6 Å². The smallest absolute Gasteiger partial charge is 0.322 e. The molecule has 0 aromatic carbocycles. The molecule has 8 nitrogen and oxygen atoms in total. The summed E-state index contributed by atoms with van der Waals surface area (Å²) in [6, 6.07) is 2.09. The molecule has 0 saturated carbocycles. The lowest BCUT2D eigenvalue weighted by Gasteiger charge is -2.08. The van der Waals surface area contributed by atoms with Gasteiger partial charge in [-0.05, 0) is 12.5 Å². The molecular formula is C12H17N7O. The van der Waals surface area contributed by atoms with E-state index >= 15 is 0 Å². The van der Waals surface area contributed by atoms with Crippen molar-refractivity contribution in [2.45, 2.75) is 19.9 Å². The topological polar surface area (TPSA) is 97.7 Å². The maximum absolute atomic E-state index is 5.06. The van der Waals surface area contributed by atoms with E-state index < -0.39 is 0 Å². The first-order chi connectivity index (χ1) is 9.81. The molecule has 2 aromatic rings. The highest BCUT2D eigenvalue weighted by Crippen LogP contribution is 2.11. The molecule has 20 heavy (non-hydrogen) atoms. The summed E-state index contributed by atoms with van der Waals surface area (Å²) in [5.74, 6) is 0.929. The van der Waals surface area contributed by atoms with Gasteiger partial charge in [-0.1, -0.05) is 6.92 Å². The molecule has 2 N–H and O–H groups in total. The maximum Gasteiger partial charge on any atom is 0.322 e. The first kappa shape index (κ1) is 13.9. The lowest BCUT2D eigenvalue weighted by Crippen LogP contribution is -2.11. The van der Waals surface area contributed by atoms with Crippen molar-refractivity contribution in [1.29, 1.82) is 0 Å². The molecule has 0 unspecified atom stereocenters. The van der Waals surface area contributed by atoms with Crippen LogP contribution in [0.15, 0.2) is 18.6 Å². The Morgan fingerprint density at radius 1 is 1.15 bits per heavy atom. The van der Waals surface area contributed by atoms with Crippen LogP contribution in [0.3, 0.4) is 0 Å². The van der Waals surface area contributed by atoms with Gasteiger partial charge in [-0.25, -0.2) is 9.97 Å². The predicted molar refractivity (Wildman–Crippen MR) is 74.5 cm³/mol. The fourth-order valence-corrected chi connectivity index (χ4v) is 1.43. The van der Waals surface area contributed by atoms with E-state index in [0.717, 1.165) is 18.7 Å². The number of methoxy groups -OCH3 is 1. The third kappa shape index (κ3) is 4.01. The molecule has 0 fully saturated rings. The fourth-order valence-electron chi connectivity index (χ4n) is 1.43. The van der Waals surface area contributed by atoms with Gasteiger partial charge in [0.15, 0.2) is 0 Å². The highest BCUT2D eigenvalue weighted by atomic mass is 16.5. The van der Waals surface area contributed by atoms with E-state index in [-0.39, 0.29) is 6.01 Å². The standard InChI is InChI=1S/C12H17N7O/c1-3-5-14-10-17-11(19-12(18-10)20-2)15-7-9-4-6-13-8-16-9/h4,6,8H,3,5,7H2,1-2H3,(H2,14,15,17,18,19). The molecule has 2 aromatic heterocycles. The number of nitrogens with one attached hydrogen (secondary N) is 2. The maximum atomic E-state index is 5.06. The van der Waals surface area contributed by atoms with Crippen molar-refractivity contribution in [3.8, 4) is 6.01 Å². The molecule has 2 rings (SSSR count). The Balaban J connectivity index is 2.06. The molecule has 0 aliphatic heterocycles. The van der Waals surface area contributed by atoms with Crippen LogP contribution in [0.5, 0.6) is 6.01 Å². The molecule has 0 aliphatic rings. The van der Waals surface area contributed by atoms with Crippen LogP contribution < -0.4 is 15.4 Å². The summed E-state index contributed by atoms with van der Waals surface area (Å²) >= 11 is 0. The number of anilines is 2. The van der Waals surface area contributed by atoms with Crippen molar-refractivity contribution >= 4 is 11.9 Å². The minimum absolute atomic E-state index is 0.267. The van der Waals surface area contributed by atoms with Crippen LogP contribution in [0.2, 0.25) is 0 Å². The van der Waals surface area contributed by atoms with E-state index in [2.05, 4.69) is 42.5 Å². The Labute approximate surface area is 117 Å². The van der Waals surface area contributed by atoms with Gasteiger partial charge >= 0.3 is 6.01 Å². The summed E-state index contributed by atoms with van der Waals surface area (Å²) < 4.78 is 5.06. The van der Waals surface area contributed by atoms with Crippen molar-refractivity contribution in [3.63, 3.8) is 0 Å². The molecule has 0 aliphatic carbocycles. The van der Waals surface area contributed by atoms with Crippen LogP contribution in [0.1, 0.15) is 19.0 Å². The molecule has 0 spiro atoms. The van der Waals surface area contributed by atoms with Crippen LogP contribution >= 0.6 is 0 Å². The first-order valence-electron chi connectivity index (χ1n) is 6.34. The zero-order valence-corrected chi connectivity index (χ0v) is 11.5. The van der Waals surface area contributed by atoms with Crippen LogP contribution in [0.4, 0.5) is 11.9 Å². The Bertz CT molecular complexity index is 535. The predicted octanol–water partition coefficient (Wildman–Crippen LogP) is 1.10. The molecular weight excluding hydrogens is 258 g/mol. The van der Waals surface area contributed by atoms with Gasteiger partial charge in [0, 0.05) is 12.7 Å². The largest absolute Gasteiger partial charge is 0.467 e. The zero-order chi connectivity index (χ0) is 14.2. The first-order valence-corrected chi connectivity index (χ1v) is 6.34. The molecule has 0 bridgehead atoms. The van der Waals surface area contributed by atoms with E-state index in [0.29, 0.717) is 18.4 Å². The number of aromatic nitrogens is 5. The van der Waals surface area contributed by atoms with Crippen molar-refractivity contribution < 1.29 is 4.74 Å². The number of hydrogen-bond donors (Lipinski definition) is 2. The summed E-state index contributed by atoms with van der Waals surface area (Å²) in [6.07, 6.45) is 4.17. The van der Waals surface area contributed by atoms with E-state index in [1.807, 2.05) is 6.07 Å². The van der Waals surface area contributed by atoms with Gasteiger partial charge in [0.2, 0.25) is 11.9 Å². The lowest BCUT2D eigenvalue weighted by atomic mass is 10.4. The quantitative estimate of drug-likeness (QED) is 0.775. The van der Waals surface area contributed by atoms with Gasteiger partial charge in [0.1, 0.15) is 6.33 Å². The van der Waals surface area contributed by atoms with E-state index in [4.69, 9.17) is 4.74 Å². The van der Waals surface area contributed by atoms with Gasteiger partial charge in [-0.15, -0.1) is 0 Å². The third-order valence-corrected chi connectivity index (χ3v) is 2.40. The highest BCUT2D eigenvalue weighted by molar-refractivity contribution is 5.36. The molecule has 2 heterocycles. The van der Waals surface area contributed by atoms with Gasteiger partial charge in [0.25, 0.3) is 0 Å². The van der Waals surface area contributed by atoms with Crippen molar-refractivity contribution in [2.75, 3.05) is 24.3 Å². The third-order valence-electron chi connectivity index (χ3n) is 2.40. The van der Waals surface area contributed by atoms with Crippen LogP contribution in [0.25, 0.3) is 0 Å². The fraction of sp³-hybridized carbons (Fsp3) is 0.417. The summed E-state index contributed by atoms with van der Waals surface area (Å²) in [5, 5.41) is 6.18. The Morgan fingerprint density at radius 3 is 2.60 bits per heavy atom. The van der Waals surface area contributed by atoms with Crippen molar-refractivity contribution in [2.24, 2.45) is 0 Å². The summed E-state index contributed by atoms with van der Waals surface area (Å²) in [5.41, 5.74) is 0.849. The number of rotatable bonds is 7. The van der Waals surface area contributed by atoms with E-state index in [1.165, 1.54) is 13.4 Å². The van der Waals surface area contributed by atoms with Crippen LogP contribution in [-0.2, 0) is 6.54 Å². The van der Waals surface area contributed by atoms with Gasteiger partial charge in [0.05, 0.1) is 19.3 Å². The molecule has 0 saturated heterocycles. The average Bonchev–Trinajstić information content (AvgIpc) is 2.51. The normalized spacial score (nSPS) is 10.1. The summed E-state index contributed by atoms with van der Waals surface area (Å²) in [4.78, 5) is 20.5. The molecule has 8 heteroatoms. The minimum Gasteiger partial charge on any atom is -0.467 e. The minimum atomic E-state index is 0.267. The molecule has 106 valence electrons. The summed E-state index contributed by atoms with van der Waals surface area (Å²) in [7, 11) is 1.52. The van der Waals surface area contributed by atoms with Gasteiger partial charge < -0.3 is 15.4 Å². The average molecular weight is 275 g/mol. The lowest BCUT2D eigenvalue weighted by molar-refractivity contribution is 0.379. The second-order valence-corrected chi connectivity index (χ2v) is 3.95. The Hall–Kier alpha value is -2.51. The Kier molecular flexibility index (Phi) is 4.99. The number of hydrogen-bond acceptors (Lipinski definition) is 8. The van der Waals surface area contributed by atoms with Gasteiger partial charge in [-0.2, -0.15) is 15.0 Å². The Morgan fingerprint density at radius 2 is 1.95 bits per heavy atom. The molecule has 0 radical (unpaired) electrons. The summed E-state index contributed by atoms with van der Waals surface area (Å²) in [6.45, 7) is 3.36. The molecule has 0 atom stereocenters. The van der Waals surface area contributed by atoms with Crippen LogP contribution in [0, 0.1) is 0 Å². The molecule has 0 amide bonds.